The molecule has 0 N–H and O–H groups in total. The number of carbonyl (C=O) groups excluding carboxylic acids is 1. The third kappa shape index (κ3) is 5.14. The minimum atomic E-state index is -3.56. The molecule has 2 aromatic carbocycles. The zero-order valence-electron chi connectivity index (χ0n) is 17.9. The van der Waals surface area contributed by atoms with Crippen LogP contribution < -0.4 is 4.80 Å². The van der Waals surface area contributed by atoms with Crippen LogP contribution in [0.4, 0.5) is 0 Å². The van der Waals surface area contributed by atoms with Crippen molar-refractivity contribution in [3.05, 3.63) is 57.8 Å². The van der Waals surface area contributed by atoms with Gasteiger partial charge in [-0.25, -0.2) is 8.42 Å². The molecule has 6 nitrogen and oxygen atoms in total. The average molecular weight is 492 g/mol. The van der Waals surface area contributed by atoms with Crippen LogP contribution in [0.5, 0.6) is 0 Å². The number of carbonyl (C=O) groups is 1. The number of halogens is 1. The van der Waals surface area contributed by atoms with Crippen LogP contribution in [0, 0.1) is 0 Å². The van der Waals surface area contributed by atoms with Gasteiger partial charge in [0.2, 0.25) is 0 Å². The molecule has 3 aromatic rings. The number of fused-ring (bicyclic) bond motifs is 1. The van der Waals surface area contributed by atoms with Crippen molar-refractivity contribution < 1.29 is 13.2 Å². The monoisotopic (exact) mass is 491 g/mol. The first-order valence-corrected chi connectivity index (χ1v) is 13.5. The molecule has 0 bridgehead atoms. The largest absolute Gasteiger partial charge is 0.310 e. The van der Waals surface area contributed by atoms with Gasteiger partial charge in [-0.2, -0.15) is 0 Å². The number of hydrogen-bond donors (Lipinski definition) is 0. The summed E-state index contributed by atoms with van der Waals surface area (Å²) in [7, 11) is -1.81. The quantitative estimate of drug-likeness (QED) is 0.498. The highest BCUT2D eigenvalue weighted by Gasteiger charge is 2.30. The Labute approximate surface area is 197 Å². The number of piperidine rings is 1. The van der Waals surface area contributed by atoms with Gasteiger partial charge in [-0.3, -0.25) is 14.7 Å². The average Bonchev–Trinajstić information content (AvgIpc) is 3.24. The lowest BCUT2D eigenvalue weighted by Gasteiger charge is -2.34. The first-order valence-electron chi connectivity index (χ1n) is 10.6. The Morgan fingerprint density at radius 2 is 1.97 bits per heavy atom. The second-order valence-corrected chi connectivity index (χ2v) is 11.5. The summed E-state index contributed by atoms with van der Waals surface area (Å²) in [5, 5.41) is 4.28. The van der Waals surface area contributed by atoms with Crippen molar-refractivity contribution in [2.24, 2.45) is 4.99 Å². The molecular weight excluding hydrogens is 466 g/mol. The number of ketones is 1. The summed E-state index contributed by atoms with van der Waals surface area (Å²) in [5.41, 5.74) is 0. The van der Waals surface area contributed by atoms with Gasteiger partial charge in [0.05, 0.1) is 23.4 Å². The van der Waals surface area contributed by atoms with Crippen LogP contribution in [0.15, 0.2) is 57.9 Å². The van der Waals surface area contributed by atoms with E-state index < -0.39 is 9.84 Å². The zero-order chi connectivity index (χ0) is 22.7. The van der Waals surface area contributed by atoms with E-state index in [1.165, 1.54) is 0 Å². The van der Waals surface area contributed by atoms with Gasteiger partial charge in [0.15, 0.2) is 20.4 Å². The van der Waals surface area contributed by atoms with Crippen LogP contribution in [-0.4, -0.2) is 49.1 Å². The molecule has 0 saturated carbocycles. The van der Waals surface area contributed by atoms with Gasteiger partial charge in [-0.1, -0.05) is 30.2 Å². The van der Waals surface area contributed by atoms with Crippen LogP contribution in [-0.2, 0) is 21.3 Å². The van der Waals surface area contributed by atoms with Crippen LogP contribution in [0.2, 0.25) is 5.02 Å². The molecule has 1 unspecified atom stereocenters. The van der Waals surface area contributed by atoms with E-state index in [2.05, 4.69) is 9.89 Å². The lowest BCUT2D eigenvalue weighted by molar-refractivity contribution is -0.125. The summed E-state index contributed by atoms with van der Waals surface area (Å²) in [4.78, 5) is 20.6. The Balaban J connectivity index is 1.46. The summed E-state index contributed by atoms with van der Waals surface area (Å²) in [6.45, 7) is 1.41. The molecule has 0 amide bonds. The molecule has 1 aromatic heterocycles. The molecule has 4 rings (SSSR count). The molecular formula is C23H26ClN3O3S2. The molecule has 1 aliphatic rings. The lowest BCUT2D eigenvalue weighted by Crippen LogP contribution is -2.46. The molecule has 0 radical (unpaired) electrons. The van der Waals surface area contributed by atoms with Crippen molar-refractivity contribution in [1.82, 2.24) is 9.47 Å². The number of hydrogen-bond acceptors (Lipinski definition) is 6. The second kappa shape index (κ2) is 9.87. The second-order valence-electron chi connectivity index (χ2n) is 8.03. The topological polar surface area (TPSA) is 71.7 Å². The predicted octanol–water partition coefficient (Wildman–Crippen LogP) is 4.13. The molecule has 1 atom stereocenters. The number of benzene rings is 2. The number of sulfone groups is 1. The van der Waals surface area contributed by atoms with Crippen molar-refractivity contribution in [2.75, 3.05) is 19.3 Å². The Kier molecular flexibility index (Phi) is 7.14. The van der Waals surface area contributed by atoms with Gasteiger partial charge >= 0.3 is 0 Å². The van der Waals surface area contributed by atoms with E-state index in [0.717, 1.165) is 41.4 Å². The summed E-state index contributed by atoms with van der Waals surface area (Å²) >= 11 is 7.57. The van der Waals surface area contributed by atoms with Gasteiger partial charge < -0.3 is 4.57 Å². The Morgan fingerprint density at radius 1 is 1.19 bits per heavy atom. The number of rotatable bonds is 7. The summed E-state index contributed by atoms with van der Waals surface area (Å²) in [6, 6.07) is 10.1. The first kappa shape index (κ1) is 23.2. The maximum atomic E-state index is 13.1. The number of thiazole rings is 1. The van der Waals surface area contributed by atoms with Gasteiger partial charge in [0.25, 0.3) is 0 Å². The van der Waals surface area contributed by atoms with Crippen molar-refractivity contribution in [3.8, 4) is 0 Å². The first-order chi connectivity index (χ1) is 15.4. The third-order valence-corrected chi connectivity index (χ3v) is 8.76. The molecule has 1 aliphatic heterocycles. The van der Waals surface area contributed by atoms with E-state index in [1.54, 1.807) is 54.8 Å². The molecule has 32 heavy (non-hydrogen) atoms. The maximum absolute atomic E-state index is 13.1. The number of aromatic nitrogens is 1. The molecule has 170 valence electrons. The van der Waals surface area contributed by atoms with Crippen LogP contribution in [0.1, 0.15) is 25.7 Å². The molecule has 1 fully saturated rings. The molecule has 0 aliphatic carbocycles. The smallest absolute Gasteiger partial charge is 0.185 e. The fraction of sp³-hybridized carbons (Fsp3) is 0.391. The fourth-order valence-corrected chi connectivity index (χ4v) is 6.37. The number of nitrogens with zero attached hydrogens (tertiary/aromatic N) is 3. The zero-order valence-corrected chi connectivity index (χ0v) is 20.3. The SMILES string of the molecule is CN=c1sccn1CN1CCCCC1C(=O)CCS(=O)(=O)c1ccc2cc(Cl)ccc2c1. The van der Waals surface area contributed by atoms with Crippen molar-refractivity contribution in [1.29, 1.82) is 0 Å². The van der Waals surface area contributed by atoms with Gasteiger partial charge in [0, 0.05) is 36.6 Å². The number of likely N-dealkylation sites (tertiary alicyclic amines) is 1. The fourth-order valence-electron chi connectivity index (χ4n) is 4.21. The number of Topliss-reactive ketones (excluding diaryl/α,β-unsaturated/α-hetero) is 1. The lowest BCUT2D eigenvalue weighted by atomic mass is 9.98. The Bertz CT molecular complexity index is 1300. The van der Waals surface area contributed by atoms with Crippen LogP contribution >= 0.6 is 22.9 Å². The normalized spacial score (nSPS) is 18.3. The van der Waals surface area contributed by atoms with E-state index in [-0.39, 0.29) is 28.9 Å². The highest BCUT2D eigenvalue weighted by atomic mass is 35.5. The summed E-state index contributed by atoms with van der Waals surface area (Å²) < 4.78 is 27.9. The summed E-state index contributed by atoms with van der Waals surface area (Å²) in [5.74, 6) is -0.192. The molecule has 2 heterocycles. The van der Waals surface area contributed by atoms with E-state index in [4.69, 9.17) is 11.6 Å². The van der Waals surface area contributed by atoms with Crippen LogP contribution in [0.25, 0.3) is 10.8 Å². The van der Waals surface area contributed by atoms with Crippen molar-refractivity contribution in [3.63, 3.8) is 0 Å². The van der Waals surface area contributed by atoms with E-state index in [1.807, 2.05) is 16.1 Å². The standard InChI is InChI=1S/C23H26ClN3O3S2/c1-25-23-27(11-12-31-23)16-26-10-3-2-4-21(26)22(28)9-13-32(29,30)20-8-6-17-14-19(24)7-5-18(17)15-20/h5-8,11-12,14-15,21H,2-4,9-10,13,16H2,1H3. The van der Waals surface area contributed by atoms with Crippen molar-refractivity contribution >= 4 is 49.3 Å². The summed E-state index contributed by atoms with van der Waals surface area (Å²) in [6.07, 6.45) is 4.76. The molecule has 0 spiro atoms. The van der Waals surface area contributed by atoms with Crippen LogP contribution in [0.3, 0.4) is 0 Å². The van der Waals surface area contributed by atoms with E-state index in [0.29, 0.717) is 11.7 Å². The Hall–Kier alpha value is -2.00. The highest BCUT2D eigenvalue weighted by Crippen LogP contribution is 2.24. The third-order valence-electron chi connectivity index (χ3n) is 5.92. The van der Waals surface area contributed by atoms with E-state index in [9.17, 15) is 13.2 Å². The molecule has 1 saturated heterocycles. The van der Waals surface area contributed by atoms with Gasteiger partial charge in [0.1, 0.15) is 0 Å². The van der Waals surface area contributed by atoms with E-state index >= 15 is 0 Å². The molecule has 9 heteroatoms. The van der Waals surface area contributed by atoms with Gasteiger partial charge in [-0.05, 0) is 47.9 Å². The van der Waals surface area contributed by atoms with Crippen molar-refractivity contribution in [2.45, 2.75) is 43.3 Å². The highest BCUT2D eigenvalue weighted by molar-refractivity contribution is 7.91. The Morgan fingerprint density at radius 3 is 2.78 bits per heavy atom. The minimum absolute atomic E-state index is 0.00772. The minimum Gasteiger partial charge on any atom is -0.310 e. The maximum Gasteiger partial charge on any atom is 0.185 e. The van der Waals surface area contributed by atoms with Gasteiger partial charge in [-0.15, -0.1) is 11.3 Å². The predicted molar refractivity (Wildman–Crippen MR) is 129 cm³/mol.